The molecule has 0 aliphatic heterocycles. The summed E-state index contributed by atoms with van der Waals surface area (Å²) in [5.74, 6) is 0.716. The highest BCUT2D eigenvalue weighted by Gasteiger charge is 2.35. The van der Waals surface area contributed by atoms with E-state index in [0.717, 1.165) is 33.6 Å². The third-order valence-corrected chi connectivity index (χ3v) is 8.13. The van der Waals surface area contributed by atoms with Crippen LogP contribution in [0.25, 0.3) is 61.0 Å². The van der Waals surface area contributed by atoms with E-state index in [0.29, 0.717) is 11.5 Å². The molecule has 194 valence electrons. The van der Waals surface area contributed by atoms with E-state index in [4.69, 9.17) is 16.5 Å². The molecule has 0 radical (unpaired) electrons. The maximum Gasteiger partial charge on any atom is 0.187 e. The van der Waals surface area contributed by atoms with Gasteiger partial charge in [-0.2, -0.15) is 0 Å². The average molecular weight is 526 g/mol. The average Bonchev–Trinajstić information content (AvgIpc) is 3.27. The molecule has 0 bridgehead atoms. The molecule has 0 atom stereocenters. The molecule has 0 amide bonds. The van der Waals surface area contributed by atoms with Crippen LogP contribution in [0.4, 0.5) is 5.69 Å². The van der Waals surface area contributed by atoms with Crippen LogP contribution in [0.3, 0.4) is 0 Å². The molecule has 0 saturated carbocycles. The topological polar surface area (TPSA) is 30.1 Å². The third-order valence-electron chi connectivity index (χ3n) is 8.13. The first-order chi connectivity index (χ1) is 20.0. The van der Waals surface area contributed by atoms with Gasteiger partial charge in [0.2, 0.25) is 0 Å². The summed E-state index contributed by atoms with van der Waals surface area (Å²) < 4.78 is 0. The van der Waals surface area contributed by atoms with Crippen molar-refractivity contribution in [3.63, 3.8) is 0 Å². The molecule has 0 spiro atoms. The van der Waals surface area contributed by atoms with E-state index in [2.05, 4.69) is 85.4 Å². The largest absolute Gasteiger partial charge is 0.238 e. The van der Waals surface area contributed by atoms with E-state index >= 15 is 0 Å². The van der Waals surface area contributed by atoms with Crippen molar-refractivity contribution in [2.75, 3.05) is 0 Å². The summed E-state index contributed by atoms with van der Waals surface area (Å²) in [6.07, 6.45) is 0. The lowest BCUT2D eigenvalue weighted by atomic mass is 9.81. The van der Waals surface area contributed by atoms with Gasteiger partial charge in [-0.15, -0.1) is 0 Å². The summed E-state index contributed by atoms with van der Waals surface area (Å²) in [4.78, 5) is 13.5. The van der Waals surface area contributed by atoms with Gasteiger partial charge in [0.05, 0.1) is 18.0 Å². The van der Waals surface area contributed by atoms with Crippen LogP contribution in [0.5, 0.6) is 0 Å². The number of nitrogens with zero attached hydrogens (tertiary/aromatic N) is 3. The molecule has 0 saturated heterocycles. The van der Waals surface area contributed by atoms with Crippen molar-refractivity contribution in [2.24, 2.45) is 0 Å². The second-order valence-electron chi connectivity index (χ2n) is 11.0. The van der Waals surface area contributed by atoms with Crippen molar-refractivity contribution in [1.29, 1.82) is 0 Å². The lowest BCUT2D eigenvalue weighted by molar-refractivity contribution is 0.661. The van der Waals surface area contributed by atoms with E-state index in [1.54, 1.807) is 0 Å². The highest BCUT2D eigenvalue weighted by Crippen LogP contribution is 2.50. The van der Waals surface area contributed by atoms with Gasteiger partial charge in [0.25, 0.3) is 0 Å². The van der Waals surface area contributed by atoms with Crippen molar-refractivity contribution in [2.45, 2.75) is 19.3 Å². The minimum absolute atomic E-state index is 0.121. The summed E-state index contributed by atoms with van der Waals surface area (Å²) in [5.41, 5.74) is 12.8. The molecule has 6 aromatic rings. The van der Waals surface area contributed by atoms with E-state index in [1.807, 2.05) is 60.7 Å². The highest BCUT2D eigenvalue weighted by molar-refractivity contribution is 5.85. The molecule has 0 unspecified atom stereocenters. The zero-order chi connectivity index (χ0) is 28.0. The zero-order valence-electron chi connectivity index (χ0n) is 23.0. The summed E-state index contributed by atoms with van der Waals surface area (Å²) in [6, 6.07) is 43.9. The van der Waals surface area contributed by atoms with Gasteiger partial charge >= 0.3 is 0 Å². The Morgan fingerprint density at radius 3 is 1.76 bits per heavy atom. The van der Waals surface area contributed by atoms with Crippen LogP contribution in [-0.2, 0) is 5.41 Å². The first-order valence-corrected chi connectivity index (χ1v) is 13.8. The Morgan fingerprint density at radius 2 is 1.10 bits per heavy atom. The van der Waals surface area contributed by atoms with Gasteiger partial charge in [0.1, 0.15) is 0 Å². The fraction of sp³-hybridized carbons (Fsp3) is 0.0789. The molecule has 3 heteroatoms. The van der Waals surface area contributed by atoms with Crippen LogP contribution in [0.2, 0.25) is 0 Å². The number of hydrogen-bond acceptors (Lipinski definition) is 2. The van der Waals surface area contributed by atoms with Gasteiger partial charge < -0.3 is 0 Å². The number of hydrogen-bond donors (Lipinski definition) is 0. The molecule has 5 aromatic carbocycles. The molecular formula is C38H27N3. The molecule has 1 aliphatic rings. The normalized spacial score (nSPS) is 12.8. The Balaban J connectivity index is 1.27. The predicted octanol–water partition coefficient (Wildman–Crippen LogP) is 10.0. The van der Waals surface area contributed by atoms with Crippen molar-refractivity contribution in [3.05, 3.63) is 150 Å². The van der Waals surface area contributed by atoms with E-state index in [-0.39, 0.29) is 5.41 Å². The number of aromatic nitrogens is 2. The molecule has 0 N–H and O–H groups in total. The monoisotopic (exact) mass is 525 g/mol. The van der Waals surface area contributed by atoms with Crippen molar-refractivity contribution < 1.29 is 0 Å². The van der Waals surface area contributed by atoms with Crippen molar-refractivity contribution >= 4 is 5.69 Å². The van der Waals surface area contributed by atoms with Crippen LogP contribution in [0.15, 0.2) is 127 Å². The van der Waals surface area contributed by atoms with E-state index < -0.39 is 0 Å². The standard InChI is InChI=1S/C38H27N3/c1-38(2)33-21-19-30(39-3)23-32(33)31-20-18-29(22-34(31)38)25-14-16-27(17-15-25)36-24-35(26-10-6-4-7-11-26)40-37(41-36)28-12-8-5-9-13-28/h4-24H,1-2H3. The summed E-state index contributed by atoms with van der Waals surface area (Å²) in [5, 5.41) is 0. The molecule has 0 fully saturated rings. The Morgan fingerprint density at radius 1 is 0.512 bits per heavy atom. The maximum absolute atomic E-state index is 7.44. The second-order valence-corrected chi connectivity index (χ2v) is 11.0. The fourth-order valence-corrected chi connectivity index (χ4v) is 5.89. The van der Waals surface area contributed by atoms with Gasteiger partial charge in [0.15, 0.2) is 11.5 Å². The van der Waals surface area contributed by atoms with Crippen molar-refractivity contribution in [1.82, 2.24) is 9.97 Å². The van der Waals surface area contributed by atoms with Gasteiger partial charge in [0, 0.05) is 22.1 Å². The number of benzene rings is 5. The van der Waals surface area contributed by atoms with Gasteiger partial charge in [-0.05, 0) is 51.6 Å². The van der Waals surface area contributed by atoms with E-state index in [9.17, 15) is 0 Å². The Labute approximate surface area is 240 Å². The molecule has 1 aliphatic carbocycles. The quantitative estimate of drug-likeness (QED) is 0.214. The van der Waals surface area contributed by atoms with Crippen LogP contribution < -0.4 is 0 Å². The molecule has 1 aromatic heterocycles. The Kier molecular flexibility index (Phi) is 5.84. The first-order valence-electron chi connectivity index (χ1n) is 13.8. The lowest BCUT2D eigenvalue weighted by Crippen LogP contribution is -2.14. The van der Waals surface area contributed by atoms with Gasteiger partial charge in [-0.25, -0.2) is 14.8 Å². The number of fused-ring (bicyclic) bond motifs is 3. The SMILES string of the molecule is [C-]#[N+]c1ccc2c(c1)-c1ccc(-c3ccc(-c4cc(-c5ccccc5)nc(-c5ccccc5)n4)cc3)cc1C2(C)C. The third kappa shape index (κ3) is 4.31. The van der Waals surface area contributed by atoms with Gasteiger partial charge in [-0.3, -0.25) is 0 Å². The lowest BCUT2D eigenvalue weighted by Gasteiger charge is -2.22. The minimum Gasteiger partial charge on any atom is -0.238 e. The summed E-state index contributed by atoms with van der Waals surface area (Å²) in [7, 11) is 0. The van der Waals surface area contributed by atoms with Crippen LogP contribution in [-0.4, -0.2) is 9.97 Å². The smallest absolute Gasteiger partial charge is 0.187 e. The molecule has 1 heterocycles. The van der Waals surface area contributed by atoms with E-state index in [1.165, 1.54) is 27.8 Å². The highest BCUT2D eigenvalue weighted by atomic mass is 14.9. The summed E-state index contributed by atoms with van der Waals surface area (Å²) in [6.45, 7) is 12.0. The molecule has 3 nitrogen and oxygen atoms in total. The molecular weight excluding hydrogens is 498 g/mol. The van der Waals surface area contributed by atoms with Gasteiger partial charge in [-0.1, -0.05) is 123 Å². The predicted molar refractivity (Wildman–Crippen MR) is 168 cm³/mol. The fourth-order valence-electron chi connectivity index (χ4n) is 5.89. The van der Waals surface area contributed by atoms with Crippen LogP contribution in [0.1, 0.15) is 25.0 Å². The van der Waals surface area contributed by atoms with Crippen LogP contribution >= 0.6 is 0 Å². The zero-order valence-corrected chi connectivity index (χ0v) is 23.0. The number of rotatable bonds is 4. The van der Waals surface area contributed by atoms with Crippen molar-refractivity contribution in [3.8, 4) is 56.2 Å². The maximum atomic E-state index is 7.44. The van der Waals surface area contributed by atoms with Crippen LogP contribution in [0, 0.1) is 6.57 Å². The molecule has 41 heavy (non-hydrogen) atoms. The second kappa shape index (κ2) is 9.70. The Hall–Kier alpha value is -5.33. The molecule has 7 rings (SSSR count). The minimum atomic E-state index is -0.121. The summed E-state index contributed by atoms with van der Waals surface area (Å²) >= 11 is 0. The Bertz CT molecular complexity index is 1890. The first kappa shape index (κ1) is 24.7.